The van der Waals surface area contributed by atoms with Crippen molar-refractivity contribution in [2.24, 2.45) is 0 Å². The Kier molecular flexibility index (Phi) is 5.14. The third-order valence-corrected chi connectivity index (χ3v) is 3.23. The first kappa shape index (κ1) is 13.9. The van der Waals surface area contributed by atoms with Crippen LogP contribution in [0, 0.1) is 0 Å². The van der Waals surface area contributed by atoms with E-state index in [1.165, 1.54) is 6.92 Å². The van der Waals surface area contributed by atoms with E-state index in [0.29, 0.717) is 10.0 Å². The summed E-state index contributed by atoms with van der Waals surface area (Å²) in [6.07, 6.45) is 0. The predicted molar refractivity (Wildman–Crippen MR) is 71.3 cm³/mol. The quantitative estimate of drug-likeness (QED) is 0.328. The summed E-state index contributed by atoms with van der Waals surface area (Å²) in [6.45, 7) is 1.29. The molecule has 0 fully saturated rings. The Hall–Kier alpha value is -0.200. The van der Waals surface area contributed by atoms with Crippen molar-refractivity contribution in [3.63, 3.8) is 0 Å². The molecule has 0 N–H and O–H groups in total. The van der Waals surface area contributed by atoms with Gasteiger partial charge in [-0.05, 0) is 28.1 Å². The number of alkyl halides is 1. The zero-order chi connectivity index (χ0) is 12.3. The summed E-state index contributed by atoms with van der Waals surface area (Å²) in [4.78, 5) is 22.6. The number of ether oxygens (including phenoxy) is 1. The van der Waals surface area contributed by atoms with Crippen LogP contribution in [0.4, 0.5) is 0 Å². The molecule has 1 aromatic rings. The van der Waals surface area contributed by atoms with Crippen molar-refractivity contribution in [1.82, 2.24) is 0 Å². The van der Waals surface area contributed by atoms with Crippen LogP contribution in [0.2, 0.25) is 0 Å². The van der Waals surface area contributed by atoms with Crippen LogP contribution in [0.1, 0.15) is 17.3 Å². The average molecular weight is 415 g/mol. The smallest absolute Gasteiger partial charge is 0.308 e. The van der Waals surface area contributed by atoms with E-state index in [4.69, 9.17) is 4.74 Å². The molecular weight excluding hydrogens is 408 g/mol. The van der Waals surface area contributed by atoms with Crippen LogP contribution >= 0.6 is 47.8 Å². The Morgan fingerprint density at radius 3 is 2.44 bits per heavy atom. The van der Waals surface area contributed by atoms with Crippen molar-refractivity contribution in [3.05, 3.63) is 26.6 Å². The first-order chi connectivity index (χ1) is 7.45. The zero-order valence-electron chi connectivity index (χ0n) is 8.22. The van der Waals surface area contributed by atoms with Gasteiger partial charge in [0.25, 0.3) is 0 Å². The molecule has 0 heterocycles. The van der Waals surface area contributed by atoms with Crippen molar-refractivity contribution in [2.45, 2.75) is 6.92 Å². The van der Waals surface area contributed by atoms with Crippen molar-refractivity contribution in [2.75, 3.05) is 5.33 Å². The summed E-state index contributed by atoms with van der Waals surface area (Å²) >= 11 is 9.60. The number of hydrogen-bond donors (Lipinski definition) is 0. The molecule has 86 valence electrons. The summed E-state index contributed by atoms with van der Waals surface area (Å²) in [5, 5.41) is 0.171. The van der Waals surface area contributed by atoms with E-state index in [-0.39, 0.29) is 16.9 Å². The van der Waals surface area contributed by atoms with Gasteiger partial charge in [0.05, 0.1) is 15.4 Å². The van der Waals surface area contributed by atoms with Gasteiger partial charge in [0.1, 0.15) is 0 Å². The highest BCUT2D eigenvalue weighted by Gasteiger charge is 2.17. The van der Waals surface area contributed by atoms with E-state index in [1.54, 1.807) is 12.1 Å². The lowest BCUT2D eigenvalue weighted by Crippen LogP contribution is -2.09. The molecule has 16 heavy (non-hydrogen) atoms. The molecule has 0 bridgehead atoms. The molecule has 0 saturated heterocycles. The van der Waals surface area contributed by atoms with Crippen LogP contribution in [0.15, 0.2) is 21.1 Å². The van der Waals surface area contributed by atoms with E-state index in [1.807, 2.05) is 0 Å². The van der Waals surface area contributed by atoms with Gasteiger partial charge in [0, 0.05) is 11.4 Å². The van der Waals surface area contributed by atoms with Crippen LogP contribution in [-0.4, -0.2) is 17.1 Å². The van der Waals surface area contributed by atoms with Gasteiger partial charge in [-0.2, -0.15) is 0 Å². The number of ketones is 1. The van der Waals surface area contributed by atoms with Crippen molar-refractivity contribution in [3.8, 4) is 5.75 Å². The Labute approximate surface area is 118 Å². The van der Waals surface area contributed by atoms with Gasteiger partial charge in [0.15, 0.2) is 11.5 Å². The largest absolute Gasteiger partial charge is 0.425 e. The van der Waals surface area contributed by atoms with E-state index < -0.39 is 5.97 Å². The highest BCUT2D eigenvalue weighted by molar-refractivity contribution is 9.11. The maximum absolute atomic E-state index is 11.6. The van der Waals surface area contributed by atoms with Gasteiger partial charge in [-0.1, -0.05) is 31.9 Å². The monoisotopic (exact) mass is 412 g/mol. The third kappa shape index (κ3) is 3.40. The van der Waals surface area contributed by atoms with Crippen molar-refractivity contribution < 1.29 is 14.3 Å². The molecule has 0 aliphatic carbocycles. The minimum absolute atomic E-state index is 0.154. The van der Waals surface area contributed by atoms with Crippen LogP contribution in [-0.2, 0) is 4.79 Å². The normalized spacial score (nSPS) is 10.0. The molecule has 3 nitrogen and oxygen atoms in total. The molecule has 0 spiro atoms. The van der Waals surface area contributed by atoms with Gasteiger partial charge in [-0.15, -0.1) is 0 Å². The first-order valence-corrected chi connectivity index (χ1v) is 6.93. The van der Waals surface area contributed by atoms with E-state index in [2.05, 4.69) is 47.8 Å². The molecular formula is C10H7Br3O3. The minimum atomic E-state index is -0.466. The number of hydrogen-bond acceptors (Lipinski definition) is 3. The molecule has 0 amide bonds. The maximum atomic E-state index is 11.6. The third-order valence-electron chi connectivity index (χ3n) is 1.68. The highest BCUT2D eigenvalue weighted by atomic mass is 79.9. The zero-order valence-corrected chi connectivity index (χ0v) is 13.0. The molecule has 1 rings (SSSR count). The molecule has 0 radical (unpaired) electrons. The molecule has 0 aliphatic rings. The Morgan fingerprint density at radius 2 is 1.94 bits per heavy atom. The fourth-order valence-corrected chi connectivity index (χ4v) is 2.70. The first-order valence-electron chi connectivity index (χ1n) is 4.22. The summed E-state index contributed by atoms with van der Waals surface area (Å²) in [6, 6.07) is 3.33. The molecule has 0 atom stereocenters. The standard InChI is InChI=1S/C10H7Br3O3/c1-5(14)16-10-7(9(15)4-11)2-6(12)3-8(10)13/h2-3H,4H2,1H3. The highest BCUT2D eigenvalue weighted by Crippen LogP contribution is 2.33. The van der Waals surface area contributed by atoms with Crippen LogP contribution in [0.5, 0.6) is 5.75 Å². The second-order valence-electron chi connectivity index (χ2n) is 2.91. The van der Waals surface area contributed by atoms with Crippen molar-refractivity contribution >= 4 is 59.5 Å². The lowest BCUT2D eigenvalue weighted by atomic mass is 10.1. The van der Waals surface area contributed by atoms with Gasteiger partial charge in [0.2, 0.25) is 0 Å². The second-order valence-corrected chi connectivity index (χ2v) is 5.25. The Morgan fingerprint density at radius 1 is 1.31 bits per heavy atom. The van der Waals surface area contributed by atoms with Gasteiger partial charge in [-0.25, -0.2) is 0 Å². The number of rotatable bonds is 3. The van der Waals surface area contributed by atoms with E-state index in [9.17, 15) is 9.59 Å². The summed E-state index contributed by atoms with van der Waals surface area (Å²) in [7, 11) is 0. The lowest BCUT2D eigenvalue weighted by Gasteiger charge is -2.10. The number of halogens is 3. The average Bonchev–Trinajstić information content (AvgIpc) is 2.20. The van der Waals surface area contributed by atoms with Crippen molar-refractivity contribution in [1.29, 1.82) is 0 Å². The Balaban J connectivity index is 3.31. The molecule has 0 saturated carbocycles. The van der Waals surface area contributed by atoms with E-state index >= 15 is 0 Å². The predicted octanol–water partition coefficient (Wildman–Crippen LogP) is 3.71. The topological polar surface area (TPSA) is 43.4 Å². The summed E-state index contributed by atoms with van der Waals surface area (Å²) in [5.74, 6) is -0.370. The number of Topliss-reactive ketones (excluding diaryl/α,β-unsaturated/α-hetero) is 1. The molecule has 6 heteroatoms. The molecule has 0 aliphatic heterocycles. The van der Waals surface area contributed by atoms with Gasteiger partial charge < -0.3 is 4.74 Å². The van der Waals surface area contributed by atoms with E-state index in [0.717, 1.165) is 4.47 Å². The Bertz CT molecular complexity index is 443. The molecule has 1 aromatic carbocycles. The van der Waals surface area contributed by atoms with Crippen LogP contribution in [0.25, 0.3) is 0 Å². The fraction of sp³-hybridized carbons (Fsp3) is 0.200. The number of carbonyl (C=O) groups is 2. The maximum Gasteiger partial charge on any atom is 0.308 e. The van der Waals surface area contributed by atoms with Gasteiger partial charge in [-0.3, -0.25) is 9.59 Å². The number of esters is 1. The minimum Gasteiger partial charge on any atom is -0.425 e. The lowest BCUT2D eigenvalue weighted by molar-refractivity contribution is -0.131. The second kappa shape index (κ2) is 5.93. The van der Waals surface area contributed by atoms with Crippen LogP contribution in [0.3, 0.4) is 0 Å². The molecule has 0 unspecified atom stereocenters. The SMILES string of the molecule is CC(=O)Oc1c(Br)cc(Br)cc1C(=O)CBr. The summed E-state index contributed by atoms with van der Waals surface area (Å²) < 4.78 is 6.30. The molecule has 0 aromatic heterocycles. The van der Waals surface area contributed by atoms with Gasteiger partial charge >= 0.3 is 5.97 Å². The number of benzene rings is 1. The number of carbonyl (C=O) groups excluding carboxylic acids is 2. The van der Waals surface area contributed by atoms with Crippen LogP contribution < -0.4 is 4.74 Å². The summed E-state index contributed by atoms with van der Waals surface area (Å²) in [5.41, 5.74) is 0.355. The fourth-order valence-electron chi connectivity index (χ4n) is 1.09.